The second-order valence-electron chi connectivity index (χ2n) is 8.50. The molecular formula is C22H31N5O2. The van der Waals surface area contributed by atoms with Gasteiger partial charge in [-0.3, -0.25) is 23.8 Å². The quantitative estimate of drug-likeness (QED) is 0.828. The standard InChI is InChI=1S/C22H31N5O2/c1-17-6-2-3-7-19(17)24-21(28)16-26-12-10-25(11-13-26)15-18-14-22(29)27-9-5-4-8-20(27)23-18/h4-5,8-9,14,17,19H,2-3,6-7,10-13,15-16H2,1H3,(H,24,28)/t17-,19+/m0/s1. The Hall–Kier alpha value is -2.25. The van der Waals surface area contributed by atoms with E-state index in [9.17, 15) is 9.59 Å². The molecule has 1 aliphatic carbocycles. The third-order valence-electron chi connectivity index (χ3n) is 6.30. The van der Waals surface area contributed by atoms with Gasteiger partial charge in [-0.25, -0.2) is 4.98 Å². The van der Waals surface area contributed by atoms with Crippen LogP contribution in [0.5, 0.6) is 0 Å². The first kappa shape index (κ1) is 20.0. The van der Waals surface area contributed by atoms with Crippen molar-refractivity contribution in [3.05, 3.63) is 46.5 Å². The number of nitrogens with zero attached hydrogens (tertiary/aromatic N) is 4. The highest BCUT2D eigenvalue weighted by Crippen LogP contribution is 2.23. The first-order chi connectivity index (χ1) is 14.1. The maximum Gasteiger partial charge on any atom is 0.258 e. The average Bonchev–Trinajstić information content (AvgIpc) is 2.71. The molecule has 0 unspecified atom stereocenters. The predicted molar refractivity (Wildman–Crippen MR) is 113 cm³/mol. The minimum atomic E-state index is -0.0437. The Morgan fingerprint density at radius 3 is 2.69 bits per heavy atom. The van der Waals surface area contributed by atoms with Gasteiger partial charge in [-0.2, -0.15) is 0 Å². The van der Waals surface area contributed by atoms with E-state index in [4.69, 9.17) is 0 Å². The van der Waals surface area contributed by atoms with Gasteiger partial charge in [-0.05, 0) is 30.9 Å². The zero-order valence-electron chi connectivity index (χ0n) is 17.2. The maximum atomic E-state index is 12.4. The van der Waals surface area contributed by atoms with Crippen molar-refractivity contribution < 1.29 is 4.79 Å². The largest absolute Gasteiger partial charge is 0.352 e. The van der Waals surface area contributed by atoms with Crippen molar-refractivity contribution >= 4 is 11.6 Å². The molecule has 7 nitrogen and oxygen atoms in total. The Labute approximate surface area is 171 Å². The molecule has 0 spiro atoms. The lowest BCUT2D eigenvalue weighted by molar-refractivity contribution is -0.124. The summed E-state index contributed by atoms with van der Waals surface area (Å²) in [5, 5.41) is 3.25. The van der Waals surface area contributed by atoms with E-state index >= 15 is 0 Å². The van der Waals surface area contributed by atoms with E-state index in [0.717, 1.165) is 38.3 Å². The number of pyridine rings is 1. The molecule has 3 heterocycles. The molecule has 1 N–H and O–H groups in total. The van der Waals surface area contributed by atoms with Crippen molar-refractivity contribution in [3.63, 3.8) is 0 Å². The van der Waals surface area contributed by atoms with E-state index in [1.54, 1.807) is 16.7 Å². The van der Waals surface area contributed by atoms with Crippen molar-refractivity contribution in [3.8, 4) is 0 Å². The highest BCUT2D eigenvalue weighted by atomic mass is 16.2. The van der Waals surface area contributed by atoms with Crippen LogP contribution in [0.1, 0.15) is 38.3 Å². The fourth-order valence-corrected chi connectivity index (χ4v) is 4.50. The van der Waals surface area contributed by atoms with Crippen LogP contribution < -0.4 is 10.9 Å². The summed E-state index contributed by atoms with van der Waals surface area (Å²) in [6.45, 7) is 6.87. The maximum absolute atomic E-state index is 12.4. The van der Waals surface area contributed by atoms with Gasteiger partial charge in [0.15, 0.2) is 0 Å². The van der Waals surface area contributed by atoms with Gasteiger partial charge in [0.05, 0.1) is 12.2 Å². The summed E-state index contributed by atoms with van der Waals surface area (Å²) in [5.74, 6) is 0.740. The van der Waals surface area contributed by atoms with E-state index < -0.39 is 0 Å². The van der Waals surface area contributed by atoms with E-state index in [0.29, 0.717) is 30.7 Å². The van der Waals surface area contributed by atoms with Gasteiger partial charge >= 0.3 is 0 Å². The number of carbonyl (C=O) groups is 1. The molecule has 1 aliphatic heterocycles. The molecule has 2 fully saturated rings. The van der Waals surface area contributed by atoms with Crippen LogP contribution in [0.4, 0.5) is 0 Å². The van der Waals surface area contributed by atoms with Gasteiger partial charge in [-0.15, -0.1) is 0 Å². The number of aromatic nitrogens is 2. The monoisotopic (exact) mass is 397 g/mol. The molecule has 0 radical (unpaired) electrons. The van der Waals surface area contributed by atoms with Crippen LogP contribution in [0.15, 0.2) is 35.3 Å². The Morgan fingerprint density at radius 2 is 1.90 bits per heavy atom. The minimum Gasteiger partial charge on any atom is -0.352 e. The van der Waals surface area contributed by atoms with Gasteiger partial charge in [0.25, 0.3) is 5.56 Å². The lowest BCUT2D eigenvalue weighted by Gasteiger charge is -2.35. The van der Waals surface area contributed by atoms with Gasteiger partial charge in [0, 0.05) is 51.0 Å². The van der Waals surface area contributed by atoms with Gasteiger partial charge in [-0.1, -0.05) is 25.8 Å². The van der Waals surface area contributed by atoms with Crippen LogP contribution in [-0.4, -0.2) is 63.9 Å². The van der Waals surface area contributed by atoms with Crippen LogP contribution >= 0.6 is 0 Å². The molecule has 7 heteroatoms. The predicted octanol–water partition coefficient (Wildman–Crippen LogP) is 1.51. The zero-order chi connectivity index (χ0) is 20.2. The summed E-state index contributed by atoms with van der Waals surface area (Å²) in [6, 6.07) is 7.55. The van der Waals surface area contributed by atoms with Crippen molar-refractivity contribution in [2.24, 2.45) is 5.92 Å². The zero-order valence-corrected chi connectivity index (χ0v) is 17.2. The van der Waals surface area contributed by atoms with E-state index in [1.165, 1.54) is 19.3 Å². The minimum absolute atomic E-state index is 0.0437. The summed E-state index contributed by atoms with van der Waals surface area (Å²) in [6.07, 6.45) is 6.58. The summed E-state index contributed by atoms with van der Waals surface area (Å²) >= 11 is 0. The molecule has 4 rings (SSSR count). The second-order valence-corrected chi connectivity index (χ2v) is 8.50. The number of carbonyl (C=O) groups excluding carboxylic acids is 1. The fraction of sp³-hybridized carbons (Fsp3) is 0.591. The number of hydrogen-bond donors (Lipinski definition) is 1. The van der Waals surface area contributed by atoms with Crippen LogP contribution in [0, 0.1) is 5.92 Å². The van der Waals surface area contributed by atoms with E-state index in [2.05, 4.69) is 27.0 Å². The van der Waals surface area contributed by atoms with Crippen LogP contribution in [0.3, 0.4) is 0 Å². The smallest absolute Gasteiger partial charge is 0.258 e. The molecule has 2 aliphatic rings. The summed E-state index contributed by atoms with van der Waals surface area (Å²) in [4.78, 5) is 33.8. The number of nitrogens with one attached hydrogen (secondary N) is 1. The Balaban J connectivity index is 1.26. The van der Waals surface area contributed by atoms with Crippen LogP contribution in [0.2, 0.25) is 0 Å². The number of fused-ring (bicyclic) bond motifs is 1. The molecule has 2 aromatic rings. The summed E-state index contributed by atoms with van der Waals surface area (Å²) in [7, 11) is 0. The number of hydrogen-bond acceptors (Lipinski definition) is 5. The lowest BCUT2D eigenvalue weighted by Crippen LogP contribution is -2.51. The Morgan fingerprint density at radius 1 is 1.14 bits per heavy atom. The number of rotatable bonds is 5. The van der Waals surface area contributed by atoms with E-state index in [-0.39, 0.29) is 11.5 Å². The molecule has 1 saturated heterocycles. The highest BCUT2D eigenvalue weighted by Gasteiger charge is 2.25. The molecule has 1 saturated carbocycles. The Bertz CT molecular complexity index is 903. The second kappa shape index (κ2) is 9.05. The molecule has 0 bridgehead atoms. The van der Waals surface area contributed by atoms with Gasteiger partial charge in [0.1, 0.15) is 5.65 Å². The molecule has 156 valence electrons. The molecule has 2 aromatic heterocycles. The summed E-state index contributed by atoms with van der Waals surface area (Å²) in [5.41, 5.74) is 1.44. The summed E-state index contributed by atoms with van der Waals surface area (Å²) < 4.78 is 1.56. The van der Waals surface area contributed by atoms with Crippen molar-refractivity contribution in [2.75, 3.05) is 32.7 Å². The third-order valence-corrected chi connectivity index (χ3v) is 6.30. The normalized spacial score (nSPS) is 23.9. The lowest BCUT2D eigenvalue weighted by atomic mass is 9.86. The number of amides is 1. The van der Waals surface area contributed by atoms with Crippen LogP contribution in [-0.2, 0) is 11.3 Å². The van der Waals surface area contributed by atoms with Gasteiger partial charge < -0.3 is 5.32 Å². The average molecular weight is 398 g/mol. The third kappa shape index (κ3) is 5.03. The fourth-order valence-electron chi connectivity index (χ4n) is 4.50. The van der Waals surface area contributed by atoms with Gasteiger partial charge in [0.2, 0.25) is 5.91 Å². The molecular weight excluding hydrogens is 366 g/mol. The van der Waals surface area contributed by atoms with Crippen LogP contribution in [0.25, 0.3) is 5.65 Å². The SMILES string of the molecule is C[C@H]1CCCC[C@H]1NC(=O)CN1CCN(Cc2cc(=O)n3ccccc3n2)CC1. The molecule has 0 aromatic carbocycles. The van der Waals surface area contributed by atoms with Crippen molar-refractivity contribution in [1.82, 2.24) is 24.5 Å². The first-order valence-corrected chi connectivity index (χ1v) is 10.8. The van der Waals surface area contributed by atoms with E-state index in [1.807, 2.05) is 18.2 Å². The molecule has 1 amide bonds. The molecule has 29 heavy (non-hydrogen) atoms. The number of piperazine rings is 1. The van der Waals surface area contributed by atoms with Crippen molar-refractivity contribution in [1.29, 1.82) is 0 Å². The van der Waals surface area contributed by atoms with Crippen molar-refractivity contribution in [2.45, 2.75) is 45.2 Å². The Kier molecular flexibility index (Phi) is 6.25. The first-order valence-electron chi connectivity index (χ1n) is 10.8. The highest BCUT2D eigenvalue weighted by molar-refractivity contribution is 5.78. The molecule has 2 atom stereocenters. The topological polar surface area (TPSA) is 70.0 Å².